The molecule has 1 atom stereocenters. The molecule has 0 spiro atoms. The van der Waals surface area contributed by atoms with Crippen LogP contribution in [0, 0.1) is 0 Å². The molecule has 53 heavy (non-hydrogen) atoms. The molecule has 0 saturated carbocycles. The minimum Gasteiger partial charge on any atom is -0.309 e. The zero-order valence-corrected chi connectivity index (χ0v) is 29.1. The highest BCUT2D eigenvalue weighted by Gasteiger charge is 2.42. The van der Waals surface area contributed by atoms with Crippen molar-refractivity contribution in [2.45, 2.75) is 12.3 Å². The summed E-state index contributed by atoms with van der Waals surface area (Å²) in [5.41, 5.74) is 11.3. The first-order chi connectivity index (χ1) is 26.1. The Labute approximate surface area is 307 Å². The molecule has 0 N–H and O–H groups in total. The summed E-state index contributed by atoms with van der Waals surface area (Å²) in [5, 5.41) is 2.37. The summed E-state index contributed by atoms with van der Waals surface area (Å²) >= 11 is 0. The summed E-state index contributed by atoms with van der Waals surface area (Å²) in [7, 11) is 0. The molecular weight excluding hydrogens is 647 g/mol. The predicted molar refractivity (Wildman–Crippen MR) is 216 cm³/mol. The first-order valence-corrected chi connectivity index (χ1v) is 17.9. The second-order valence-corrected chi connectivity index (χ2v) is 13.6. The van der Waals surface area contributed by atoms with Gasteiger partial charge < -0.3 is 4.57 Å². The first-order valence-electron chi connectivity index (χ1n) is 17.9. The molecular formula is C48H33N5. The van der Waals surface area contributed by atoms with Crippen LogP contribution in [0.3, 0.4) is 0 Å². The molecule has 1 unspecified atom stereocenters. The number of rotatable bonds is 6. The van der Waals surface area contributed by atoms with Crippen LogP contribution in [0.15, 0.2) is 187 Å². The maximum Gasteiger partial charge on any atom is 0.164 e. The van der Waals surface area contributed by atoms with Crippen LogP contribution >= 0.6 is 0 Å². The summed E-state index contributed by atoms with van der Waals surface area (Å²) < 4.78 is 2.37. The molecule has 9 aromatic rings. The zero-order valence-electron chi connectivity index (χ0n) is 29.1. The van der Waals surface area contributed by atoms with Crippen LogP contribution in [0.2, 0.25) is 0 Å². The van der Waals surface area contributed by atoms with Gasteiger partial charge in [-0.15, -0.1) is 0 Å². The van der Waals surface area contributed by atoms with Crippen LogP contribution in [-0.2, 0) is 5.41 Å². The van der Waals surface area contributed by atoms with Crippen LogP contribution in [0.25, 0.3) is 61.7 Å². The lowest BCUT2D eigenvalue weighted by molar-refractivity contribution is 0.794. The van der Waals surface area contributed by atoms with Crippen LogP contribution < -0.4 is 0 Å². The van der Waals surface area contributed by atoms with E-state index in [2.05, 4.69) is 133 Å². The van der Waals surface area contributed by atoms with Gasteiger partial charge in [-0.3, -0.25) is 4.99 Å². The highest BCUT2D eigenvalue weighted by atomic mass is 15.0. The van der Waals surface area contributed by atoms with Gasteiger partial charge in [-0.25, -0.2) is 15.0 Å². The molecule has 0 fully saturated rings. The maximum atomic E-state index is 5.38. The van der Waals surface area contributed by atoms with E-state index in [1.807, 2.05) is 60.7 Å². The van der Waals surface area contributed by atoms with Crippen LogP contribution in [-0.4, -0.2) is 25.2 Å². The van der Waals surface area contributed by atoms with E-state index in [1.165, 1.54) is 21.9 Å². The number of fused-ring (bicyclic) bond motifs is 4. The lowest BCUT2D eigenvalue weighted by atomic mass is 9.71. The lowest BCUT2D eigenvalue weighted by Crippen LogP contribution is -2.31. The van der Waals surface area contributed by atoms with Crippen molar-refractivity contribution >= 4 is 33.2 Å². The second-order valence-electron chi connectivity index (χ2n) is 13.6. The minimum absolute atomic E-state index is 0.442. The standard InChI is InChI=1S/C48H33N5/c1-48(36-22-12-5-13-23-36)40-31-43-39(30-41(40)49-44(48)32-16-6-2-7-17-32)38-24-14-15-25-42(38)53(43)37-28-26-35(27-29-37)47-51-45(33-18-8-3-9-19-33)50-46(52-47)34-20-10-4-11-21-34/h2-31H,1H3. The van der Waals surface area contributed by atoms with Gasteiger partial charge >= 0.3 is 0 Å². The molecule has 5 nitrogen and oxygen atoms in total. The monoisotopic (exact) mass is 679 g/mol. The fourth-order valence-corrected chi connectivity index (χ4v) is 7.84. The quantitative estimate of drug-likeness (QED) is 0.176. The fourth-order valence-electron chi connectivity index (χ4n) is 7.84. The Morgan fingerprint density at radius 1 is 0.434 bits per heavy atom. The average Bonchev–Trinajstić information content (AvgIpc) is 3.72. The molecule has 0 saturated heterocycles. The molecule has 5 heteroatoms. The van der Waals surface area contributed by atoms with Crippen molar-refractivity contribution in [2.24, 2.45) is 4.99 Å². The van der Waals surface area contributed by atoms with Crippen molar-refractivity contribution in [1.82, 2.24) is 19.5 Å². The van der Waals surface area contributed by atoms with Crippen LogP contribution in [0.1, 0.15) is 23.6 Å². The number of aromatic nitrogens is 4. The number of para-hydroxylation sites is 1. The van der Waals surface area contributed by atoms with Crippen molar-refractivity contribution in [1.29, 1.82) is 0 Å². The van der Waals surface area contributed by atoms with Gasteiger partial charge in [0.2, 0.25) is 0 Å². The van der Waals surface area contributed by atoms with E-state index in [-0.39, 0.29) is 0 Å². The highest BCUT2D eigenvalue weighted by molar-refractivity contribution is 6.17. The van der Waals surface area contributed by atoms with Crippen molar-refractivity contribution in [3.05, 3.63) is 199 Å². The third-order valence-electron chi connectivity index (χ3n) is 10.5. The van der Waals surface area contributed by atoms with Gasteiger partial charge in [0, 0.05) is 33.2 Å². The normalized spacial score (nSPS) is 15.1. The van der Waals surface area contributed by atoms with Gasteiger partial charge in [-0.2, -0.15) is 0 Å². The molecule has 1 aliphatic rings. The van der Waals surface area contributed by atoms with Gasteiger partial charge in [0.1, 0.15) is 0 Å². The largest absolute Gasteiger partial charge is 0.309 e. The minimum atomic E-state index is -0.442. The van der Waals surface area contributed by atoms with Gasteiger partial charge in [-0.05, 0) is 66.1 Å². The SMILES string of the molecule is CC1(c2ccccc2)C(c2ccccc2)=Nc2cc3c4ccccc4n(-c4ccc(-c5nc(-c6ccccc6)nc(-c6ccccc6)n5)cc4)c3cc21. The van der Waals surface area contributed by atoms with Crippen molar-refractivity contribution < 1.29 is 0 Å². The average molecular weight is 680 g/mol. The van der Waals surface area contributed by atoms with E-state index in [4.69, 9.17) is 19.9 Å². The molecule has 250 valence electrons. The highest BCUT2D eigenvalue weighted by Crippen LogP contribution is 2.49. The summed E-state index contributed by atoms with van der Waals surface area (Å²) in [4.78, 5) is 20.2. The van der Waals surface area contributed by atoms with Crippen molar-refractivity contribution in [3.63, 3.8) is 0 Å². The number of hydrogen-bond acceptors (Lipinski definition) is 4. The molecule has 0 radical (unpaired) electrons. The Bertz CT molecular complexity index is 2750. The number of nitrogens with zero attached hydrogens (tertiary/aromatic N) is 5. The molecule has 7 aromatic carbocycles. The second kappa shape index (κ2) is 12.4. The lowest BCUT2D eigenvalue weighted by Gasteiger charge is -2.29. The third kappa shape index (κ3) is 5.08. The van der Waals surface area contributed by atoms with Gasteiger partial charge in [-0.1, -0.05) is 140 Å². The first kappa shape index (κ1) is 30.8. The maximum absolute atomic E-state index is 5.38. The summed E-state index contributed by atoms with van der Waals surface area (Å²) in [6, 6.07) is 63.4. The van der Waals surface area contributed by atoms with Crippen LogP contribution in [0.4, 0.5) is 5.69 Å². The van der Waals surface area contributed by atoms with Gasteiger partial charge in [0.15, 0.2) is 17.5 Å². The van der Waals surface area contributed by atoms with Gasteiger partial charge in [0.25, 0.3) is 0 Å². The van der Waals surface area contributed by atoms with Crippen LogP contribution in [0.5, 0.6) is 0 Å². The Morgan fingerprint density at radius 3 is 1.51 bits per heavy atom. The zero-order chi connectivity index (χ0) is 35.4. The Balaban J connectivity index is 1.13. The van der Waals surface area contributed by atoms with E-state index < -0.39 is 5.41 Å². The van der Waals surface area contributed by atoms with E-state index >= 15 is 0 Å². The Kier molecular flexibility index (Phi) is 7.18. The molecule has 10 rings (SSSR count). The summed E-state index contributed by atoms with van der Waals surface area (Å²) in [5.74, 6) is 1.93. The molecule has 1 aliphatic heterocycles. The topological polar surface area (TPSA) is 56.0 Å². The van der Waals surface area contributed by atoms with Crippen molar-refractivity contribution in [2.75, 3.05) is 0 Å². The number of benzene rings is 7. The molecule has 0 bridgehead atoms. The Hall–Kier alpha value is -6.98. The molecule has 3 heterocycles. The number of hydrogen-bond donors (Lipinski definition) is 0. The van der Waals surface area contributed by atoms with E-state index in [1.54, 1.807) is 0 Å². The van der Waals surface area contributed by atoms with E-state index in [0.29, 0.717) is 17.5 Å². The Morgan fingerprint density at radius 2 is 0.925 bits per heavy atom. The van der Waals surface area contributed by atoms with E-state index in [0.717, 1.165) is 50.4 Å². The fraction of sp³-hybridized carbons (Fsp3) is 0.0417. The van der Waals surface area contributed by atoms with Gasteiger partial charge in [0.05, 0.1) is 27.8 Å². The third-order valence-corrected chi connectivity index (χ3v) is 10.5. The molecule has 2 aromatic heterocycles. The smallest absolute Gasteiger partial charge is 0.164 e. The van der Waals surface area contributed by atoms with E-state index in [9.17, 15) is 0 Å². The molecule has 0 amide bonds. The number of aliphatic imine (C=N–C) groups is 1. The molecule has 0 aliphatic carbocycles. The van der Waals surface area contributed by atoms with Crippen molar-refractivity contribution in [3.8, 4) is 39.9 Å². The predicted octanol–water partition coefficient (Wildman–Crippen LogP) is 11.4. The summed E-state index contributed by atoms with van der Waals surface area (Å²) in [6.45, 7) is 2.32. The summed E-state index contributed by atoms with van der Waals surface area (Å²) in [6.07, 6.45) is 0.